The number of aliphatic hydroxyl groups is 2. The molecule has 0 saturated carbocycles. The summed E-state index contributed by atoms with van der Waals surface area (Å²) >= 11 is 3.51. The summed E-state index contributed by atoms with van der Waals surface area (Å²) < 4.78 is 10.5. The van der Waals surface area contributed by atoms with E-state index in [0.29, 0.717) is 22.3 Å². The van der Waals surface area contributed by atoms with Crippen LogP contribution in [-0.4, -0.2) is 57.0 Å². The summed E-state index contributed by atoms with van der Waals surface area (Å²) in [6.45, 7) is 12.2. The van der Waals surface area contributed by atoms with Crippen LogP contribution in [-0.2, 0) is 9.47 Å². The molecule has 2 aliphatic heterocycles. The van der Waals surface area contributed by atoms with E-state index in [1.54, 1.807) is 37.7 Å². The monoisotopic (exact) mass is 380 g/mol. The van der Waals surface area contributed by atoms with Gasteiger partial charge in [0.15, 0.2) is 0 Å². The fourth-order valence-corrected chi connectivity index (χ4v) is 6.74. The van der Waals surface area contributed by atoms with Crippen LogP contribution >= 0.6 is 23.5 Å². The average Bonchev–Trinajstić information content (AvgIpc) is 2.91. The lowest BCUT2D eigenvalue weighted by molar-refractivity contribution is -0.0612. The van der Waals surface area contributed by atoms with Crippen molar-refractivity contribution in [3.63, 3.8) is 0 Å². The summed E-state index contributed by atoms with van der Waals surface area (Å²) in [5.41, 5.74) is -1.45. The first kappa shape index (κ1) is 22.6. The van der Waals surface area contributed by atoms with Crippen LogP contribution in [0.2, 0.25) is 0 Å². The number of hydrogen-bond donors (Lipinski definition) is 2. The molecule has 0 amide bonds. The molecule has 0 aromatic carbocycles. The van der Waals surface area contributed by atoms with Gasteiger partial charge in [-0.05, 0) is 38.5 Å². The maximum Gasteiger partial charge on any atom is 0.131 e. The smallest absolute Gasteiger partial charge is 0.131 e. The molecule has 24 heavy (non-hydrogen) atoms. The van der Waals surface area contributed by atoms with Gasteiger partial charge in [0.25, 0.3) is 0 Å². The van der Waals surface area contributed by atoms with Gasteiger partial charge >= 0.3 is 0 Å². The highest BCUT2D eigenvalue weighted by atomic mass is 32.2. The Morgan fingerprint density at radius 1 is 0.792 bits per heavy atom. The summed E-state index contributed by atoms with van der Waals surface area (Å²) in [6.07, 6.45) is 2.20. The van der Waals surface area contributed by atoms with Crippen LogP contribution in [0.25, 0.3) is 0 Å². The van der Waals surface area contributed by atoms with Crippen molar-refractivity contribution in [2.24, 2.45) is 11.8 Å². The summed E-state index contributed by atoms with van der Waals surface area (Å²) in [5, 5.41) is 21.2. The lowest BCUT2D eigenvalue weighted by Crippen LogP contribution is -2.40. The zero-order chi connectivity index (χ0) is 18.7. The Labute approximate surface area is 156 Å². The minimum absolute atomic E-state index is 0.0579. The van der Waals surface area contributed by atoms with Gasteiger partial charge in [0.2, 0.25) is 0 Å². The maximum absolute atomic E-state index is 10.1. The molecule has 2 rings (SSSR count). The van der Waals surface area contributed by atoms with Crippen LogP contribution in [0.3, 0.4) is 0 Å². The summed E-state index contributed by atoms with van der Waals surface area (Å²) in [4.78, 5) is 0. The highest BCUT2D eigenvalue weighted by Gasteiger charge is 2.49. The molecule has 0 bridgehead atoms. The second-order valence-corrected chi connectivity index (χ2v) is 9.94. The SMILES string of the molecule is CC[C@H]1S[C@H](OC)[C@](C)(O)[C@@H]1C.CC[C@H]1S[C@H](OC)[C@](C)(O)[C@@H]1C. The molecule has 2 N–H and O–H groups in total. The predicted octanol–water partition coefficient (Wildman–Crippen LogP) is 3.74. The molecule has 0 spiro atoms. The molecule has 2 saturated heterocycles. The van der Waals surface area contributed by atoms with Crippen molar-refractivity contribution in [2.45, 2.75) is 87.0 Å². The van der Waals surface area contributed by atoms with Crippen LogP contribution in [0.4, 0.5) is 0 Å². The molecule has 6 heteroatoms. The molecule has 0 aromatic heterocycles. The van der Waals surface area contributed by atoms with Crippen molar-refractivity contribution < 1.29 is 19.7 Å². The van der Waals surface area contributed by atoms with E-state index in [0.717, 1.165) is 12.8 Å². The predicted molar refractivity (Wildman–Crippen MR) is 105 cm³/mol. The molecule has 0 aromatic rings. The van der Waals surface area contributed by atoms with Gasteiger partial charge in [-0.3, -0.25) is 0 Å². The number of hydrogen-bond acceptors (Lipinski definition) is 6. The quantitative estimate of drug-likeness (QED) is 0.775. The van der Waals surface area contributed by atoms with Gasteiger partial charge in [-0.1, -0.05) is 27.7 Å². The minimum Gasteiger partial charge on any atom is -0.386 e. The number of thioether (sulfide) groups is 2. The molecule has 2 aliphatic rings. The lowest BCUT2D eigenvalue weighted by Gasteiger charge is -2.27. The van der Waals surface area contributed by atoms with E-state index in [2.05, 4.69) is 27.7 Å². The van der Waals surface area contributed by atoms with Crippen molar-refractivity contribution in [3.8, 4) is 0 Å². The molecular formula is C18H36O4S2. The number of methoxy groups -OCH3 is 2. The molecule has 8 atom stereocenters. The molecule has 2 heterocycles. The Morgan fingerprint density at radius 2 is 1.08 bits per heavy atom. The van der Waals surface area contributed by atoms with E-state index in [-0.39, 0.29) is 10.9 Å². The van der Waals surface area contributed by atoms with Gasteiger partial charge in [-0.25, -0.2) is 0 Å². The van der Waals surface area contributed by atoms with Gasteiger partial charge in [-0.15, -0.1) is 23.5 Å². The Hall–Kier alpha value is 0.540. The highest BCUT2D eigenvalue weighted by molar-refractivity contribution is 8.01. The fourth-order valence-electron chi connectivity index (χ4n) is 3.50. The van der Waals surface area contributed by atoms with Gasteiger partial charge in [0.05, 0.1) is 0 Å². The molecule has 0 unspecified atom stereocenters. The lowest BCUT2D eigenvalue weighted by atomic mass is 9.88. The fraction of sp³-hybridized carbons (Fsp3) is 1.00. The second kappa shape index (κ2) is 8.96. The minimum atomic E-state index is -0.667. The largest absolute Gasteiger partial charge is 0.386 e. The zero-order valence-corrected chi connectivity index (χ0v) is 18.0. The third-order valence-electron chi connectivity index (χ3n) is 5.74. The summed E-state index contributed by atoms with van der Waals surface area (Å²) in [5.74, 6) is 0.634. The summed E-state index contributed by atoms with van der Waals surface area (Å²) in [6, 6.07) is 0. The molecule has 4 nitrogen and oxygen atoms in total. The van der Waals surface area contributed by atoms with Crippen molar-refractivity contribution in [1.29, 1.82) is 0 Å². The van der Waals surface area contributed by atoms with Crippen molar-refractivity contribution in [1.82, 2.24) is 0 Å². The van der Waals surface area contributed by atoms with Crippen LogP contribution in [0.15, 0.2) is 0 Å². The molecule has 144 valence electrons. The second-order valence-electron chi connectivity index (χ2n) is 7.33. The Balaban J connectivity index is 0.000000240. The topological polar surface area (TPSA) is 58.9 Å². The van der Waals surface area contributed by atoms with Gasteiger partial charge in [0.1, 0.15) is 22.1 Å². The van der Waals surface area contributed by atoms with E-state index in [4.69, 9.17) is 9.47 Å². The third kappa shape index (κ3) is 4.44. The first-order valence-electron chi connectivity index (χ1n) is 8.88. The van der Waals surface area contributed by atoms with Crippen molar-refractivity contribution in [3.05, 3.63) is 0 Å². The van der Waals surface area contributed by atoms with Gasteiger partial charge < -0.3 is 19.7 Å². The molecule has 0 aliphatic carbocycles. The van der Waals surface area contributed by atoms with E-state index in [1.165, 1.54) is 0 Å². The van der Waals surface area contributed by atoms with E-state index in [9.17, 15) is 10.2 Å². The average molecular weight is 381 g/mol. The molecule has 0 radical (unpaired) electrons. The Kier molecular flexibility index (Phi) is 8.43. The third-order valence-corrected chi connectivity index (χ3v) is 9.76. The normalized spacial score (nSPS) is 48.2. The molecule has 2 fully saturated rings. The number of rotatable bonds is 4. The van der Waals surface area contributed by atoms with E-state index >= 15 is 0 Å². The Bertz CT molecular complexity index is 345. The van der Waals surface area contributed by atoms with Crippen LogP contribution in [0.1, 0.15) is 54.4 Å². The standard InChI is InChI=1S/2C9H18O2S/c2*1-5-7-6(2)9(3,10)8(11-4)12-7/h2*6-8,10H,5H2,1-4H3/t2*6-,7-,8+,9-/m11/s1. The van der Waals surface area contributed by atoms with E-state index < -0.39 is 11.2 Å². The summed E-state index contributed by atoms with van der Waals surface area (Å²) in [7, 11) is 3.33. The van der Waals surface area contributed by atoms with Gasteiger partial charge in [-0.2, -0.15) is 0 Å². The van der Waals surface area contributed by atoms with Gasteiger partial charge in [0, 0.05) is 24.7 Å². The maximum atomic E-state index is 10.1. The Morgan fingerprint density at radius 3 is 1.21 bits per heavy atom. The first-order chi connectivity index (χ1) is 11.1. The van der Waals surface area contributed by atoms with Crippen LogP contribution < -0.4 is 0 Å². The van der Waals surface area contributed by atoms with Crippen molar-refractivity contribution in [2.75, 3.05) is 14.2 Å². The molecular weight excluding hydrogens is 344 g/mol. The highest BCUT2D eigenvalue weighted by Crippen LogP contribution is 2.47. The zero-order valence-electron chi connectivity index (χ0n) is 16.4. The first-order valence-corrected chi connectivity index (χ1v) is 10.8. The number of ether oxygens (including phenoxy) is 2. The van der Waals surface area contributed by atoms with Crippen LogP contribution in [0, 0.1) is 11.8 Å². The van der Waals surface area contributed by atoms with Crippen molar-refractivity contribution >= 4 is 23.5 Å². The van der Waals surface area contributed by atoms with E-state index in [1.807, 2.05) is 13.8 Å². The van der Waals surface area contributed by atoms with Crippen LogP contribution in [0.5, 0.6) is 0 Å².